The summed E-state index contributed by atoms with van der Waals surface area (Å²) >= 11 is 1.34. The molecule has 20 heavy (non-hydrogen) atoms. The van der Waals surface area contributed by atoms with E-state index in [2.05, 4.69) is 0 Å². The minimum absolute atomic E-state index is 0.0333. The highest BCUT2D eigenvalue weighted by molar-refractivity contribution is 8.00. The number of nitro benzene ring substituents is 1. The number of nitro groups is 1. The summed E-state index contributed by atoms with van der Waals surface area (Å²) in [6, 6.07) is 6.10. The molecule has 0 radical (unpaired) electrons. The number of aliphatic hydroxyl groups is 1. The Kier molecular flexibility index (Phi) is 6.47. The standard InChI is InChI=1S/C13H18N2O4S/c1-10(16)7-8-14(2)13(17)9-20-12-5-3-11(4-6-12)15(18)19/h3-6,10,16H,7-9H2,1-2H3. The number of carbonyl (C=O) groups is 1. The quantitative estimate of drug-likeness (QED) is 0.472. The topological polar surface area (TPSA) is 83.7 Å². The second-order valence-corrected chi connectivity index (χ2v) is 5.54. The summed E-state index contributed by atoms with van der Waals surface area (Å²) in [4.78, 5) is 24.3. The zero-order valence-corrected chi connectivity index (χ0v) is 12.3. The number of aliphatic hydroxyl groups excluding tert-OH is 1. The zero-order valence-electron chi connectivity index (χ0n) is 11.5. The number of carbonyl (C=O) groups excluding carboxylic acids is 1. The minimum Gasteiger partial charge on any atom is -0.393 e. The first kappa shape index (κ1) is 16.5. The van der Waals surface area contributed by atoms with Crippen molar-refractivity contribution >= 4 is 23.4 Å². The van der Waals surface area contributed by atoms with Gasteiger partial charge in [-0.15, -0.1) is 11.8 Å². The van der Waals surface area contributed by atoms with Gasteiger partial charge in [0.15, 0.2) is 0 Å². The van der Waals surface area contributed by atoms with Crippen molar-refractivity contribution in [3.63, 3.8) is 0 Å². The van der Waals surface area contributed by atoms with Gasteiger partial charge in [-0.2, -0.15) is 0 Å². The highest BCUT2D eigenvalue weighted by Gasteiger charge is 2.11. The zero-order chi connectivity index (χ0) is 15.1. The molecule has 0 aliphatic rings. The molecule has 0 saturated heterocycles. The van der Waals surface area contributed by atoms with E-state index in [-0.39, 0.29) is 17.3 Å². The summed E-state index contributed by atoms with van der Waals surface area (Å²) in [5.41, 5.74) is 0.0368. The van der Waals surface area contributed by atoms with Crippen LogP contribution >= 0.6 is 11.8 Å². The van der Waals surface area contributed by atoms with Crippen LogP contribution in [0.1, 0.15) is 13.3 Å². The smallest absolute Gasteiger partial charge is 0.269 e. The Labute approximate surface area is 121 Å². The highest BCUT2D eigenvalue weighted by atomic mass is 32.2. The van der Waals surface area contributed by atoms with Crippen molar-refractivity contribution in [2.75, 3.05) is 19.3 Å². The van der Waals surface area contributed by atoms with Gasteiger partial charge in [0, 0.05) is 30.6 Å². The number of non-ortho nitro benzene ring substituents is 1. The Morgan fingerprint density at radius 2 is 2.05 bits per heavy atom. The monoisotopic (exact) mass is 298 g/mol. The summed E-state index contributed by atoms with van der Waals surface area (Å²) < 4.78 is 0. The number of amides is 1. The second-order valence-electron chi connectivity index (χ2n) is 4.49. The fourth-order valence-corrected chi connectivity index (χ4v) is 2.26. The van der Waals surface area contributed by atoms with Crippen molar-refractivity contribution in [1.29, 1.82) is 0 Å². The third kappa shape index (κ3) is 5.58. The van der Waals surface area contributed by atoms with E-state index in [0.717, 1.165) is 4.90 Å². The van der Waals surface area contributed by atoms with E-state index >= 15 is 0 Å². The molecule has 1 atom stereocenters. The van der Waals surface area contributed by atoms with E-state index in [1.165, 1.54) is 23.9 Å². The molecule has 1 aromatic rings. The molecule has 1 aromatic carbocycles. The third-order valence-corrected chi connectivity index (χ3v) is 3.71. The average Bonchev–Trinajstić information content (AvgIpc) is 2.42. The maximum absolute atomic E-state index is 11.8. The molecule has 0 fully saturated rings. The van der Waals surface area contributed by atoms with Crippen molar-refractivity contribution in [3.8, 4) is 0 Å². The predicted octanol–water partition coefficient (Wildman–Crippen LogP) is 1.92. The molecule has 7 heteroatoms. The third-order valence-electron chi connectivity index (χ3n) is 2.72. The molecule has 0 spiro atoms. The van der Waals surface area contributed by atoms with Gasteiger partial charge in [0.25, 0.3) is 5.69 Å². The molecule has 0 aliphatic carbocycles. The van der Waals surface area contributed by atoms with Crippen LogP contribution in [0.3, 0.4) is 0 Å². The molecule has 6 nitrogen and oxygen atoms in total. The van der Waals surface area contributed by atoms with Gasteiger partial charge in [-0.3, -0.25) is 14.9 Å². The first-order chi connectivity index (χ1) is 9.40. The Morgan fingerprint density at radius 3 is 2.55 bits per heavy atom. The number of benzene rings is 1. The molecule has 0 aromatic heterocycles. The SMILES string of the molecule is CC(O)CCN(C)C(=O)CSc1ccc([N+](=O)[O-])cc1. The van der Waals surface area contributed by atoms with E-state index in [0.29, 0.717) is 13.0 Å². The molecule has 1 N–H and O–H groups in total. The summed E-state index contributed by atoms with van der Waals surface area (Å²) in [7, 11) is 1.70. The maximum atomic E-state index is 11.8. The fraction of sp³-hybridized carbons (Fsp3) is 0.462. The van der Waals surface area contributed by atoms with Crippen molar-refractivity contribution in [2.45, 2.75) is 24.3 Å². The Morgan fingerprint density at radius 1 is 1.45 bits per heavy atom. The van der Waals surface area contributed by atoms with Crippen LogP contribution in [0.25, 0.3) is 0 Å². The maximum Gasteiger partial charge on any atom is 0.269 e. The lowest BCUT2D eigenvalue weighted by molar-refractivity contribution is -0.384. The van der Waals surface area contributed by atoms with Crippen LogP contribution in [0, 0.1) is 10.1 Å². The molecule has 1 rings (SSSR count). The van der Waals surface area contributed by atoms with Crippen molar-refractivity contribution in [1.82, 2.24) is 4.90 Å². The Hall–Kier alpha value is -1.60. The van der Waals surface area contributed by atoms with E-state index in [4.69, 9.17) is 5.11 Å². The van der Waals surface area contributed by atoms with Crippen molar-refractivity contribution in [2.24, 2.45) is 0 Å². The second kappa shape index (κ2) is 7.86. The van der Waals surface area contributed by atoms with Gasteiger partial charge in [-0.05, 0) is 25.5 Å². The van der Waals surface area contributed by atoms with Crippen LogP contribution in [0.15, 0.2) is 29.2 Å². The van der Waals surface area contributed by atoms with Gasteiger partial charge in [0.1, 0.15) is 0 Å². The molecule has 1 unspecified atom stereocenters. The van der Waals surface area contributed by atoms with Gasteiger partial charge in [-0.1, -0.05) is 0 Å². The summed E-state index contributed by atoms with van der Waals surface area (Å²) in [5, 5.41) is 19.7. The molecule has 0 bridgehead atoms. The van der Waals surface area contributed by atoms with Crippen LogP contribution in [0.4, 0.5) is 5.69 Å². The Balaban J connectivity index is 2.42. The summed E-state index contributed by atoms with van der Waals surface area (Å²) in [6.45, 7) is 2.20. The first-order valence-electron chi connectivity index (χ1n) is 6.19. The van der Waals surface area contributed by atoms with Crippen molar-refractivity contribution < 1.29 is 14.8 Å². The highest BCUT2D eigenvalue weighted by Crippen LogP contribution is 2.21. The Bertz CT molecular complexity index is 462. The van der Waals surface area contributed by atoms with Crippen LogP contribution in [0.2, 0.25) is 0 Å². The molecule has 1 amide bonds. The molecule has 0 heterocycles. The lowest BCUT2D eigenvalue weighted by Gasteiger charge is -2.17. The molecular formula is C13H18N2O4S. The van der Waals surface area contributed by atoms with Crippen LogP contribution in [0.5, 0.6) is 0 Å². The number of rotatable bonds is 7. The minimum atomic E-state index is -0.455. The summed E-state index contributed by atoms with van der Waals surface area (Å²) in [6.07, 6.45) is 0.123. The average molecular weight is 298 g/mol. The lowest BCUT2D eigenvalue weighted by atomic mass is 10.3. The number of hydrogen-bond acceptors (Lipinski definition) is 5. The molecule has 0 aliphatic heterocycles. The van der Waals surface area contributed by atoms with Crippen LogP contribution in [-0.2, 0) is 4.79 Å². The van der Waals surface area contributed by atoms with Crippen LogP contribution < -0.4 is 0 Å². The summed E-state index contributed by atoms with van der Waals surface area (Å²) in [5.74, 6) is 0.239. The van der Waals surface area contributed by atoms with Gasteiger partial charge < -0.3 is 10.0 Å². The van der Waals surface area contributed by atoms with E-state index in [1.54, 1.807) is 31.0 Å². The predicted molar refractivity (Wildman–Crippen MR) is 77.8 cm³/mol. The van der Waals surface area contributed by atoms with Crippen molar-refractivity contribution in [3.05, 3.63) is 34.4 Å². The van der Waals surface area contributed by atoms with E-state index in [9.17, 15) is 14.9 Å². The van der Waals surface area contributed by atoms with E-state index < -0.39 is 11.0 Å². The number of thioether (sulfide) groups is 1. The molecule has 110 valence electrons. The molecular weight excluding hydrogens is 280 g/mol. The van der Waals surface area contributed by atoms with E-state index in [1.807, 2.05) is 0 Å². The normalized spacial score (nSPS) is 11.9. The van der Waals surface area contributed by atoms with Gasteiger partial charge >= 0.3 is 0 Å². The number of hydrogen-bond donors (Lipinski definition) is 1. The van der Waals surface area contributed by atoms with Gasteiger partial charge in [0.2, 0.25) is 5.91 Å². The van der Waals surface area contributed by atoms with Gasteiger partial charge in [0.05, 0.1) is 16.8 Å². The van der Waals surface area contributed by atoms with Gasteiger partial charge in [-0.25, -0.2) is 0 Å². The lowest BCUT2D eigenvalue weighted by Crippen LogP contribution is -2.30. The van der Waals surface area contributed by atoms with Crippen LogP contribution in [-0.4, -0.2) is 46.3 Å². The number of nitrogens with zero attached hydrogens (tertiary/aromatic N) is 2. The first-order valence-corrected chi connectivity index (χ1v) is 7.18. The largest absolute Gasteiger partial charge is 0.393 e. The fourth-order valence-electron chi connectivity index (χ4n) is 1.42. The molecule has 0 saturated carbocycles.